The summed E-state index contributed by atoms with van der Waals surface area (Å²) in [5.41, 5.74) is 5.77. The Morgan fingerprint density at radius 1 is 1.28 bits per heavy atom. The van der Waals surface area contributed by atoms with Gasteiger partial charge in [0.25, 0.3) is 5.91 Å². The van der Waals surface area contributed by atoms with E-state index in [0.29, 0.717) is 17.1 Å². The van der Waals surface area contributed by atoms with Crippen molar-refractivity contribution in [1.29, 1.82) is 0 Å². The summed E-state index contributed by atoms with van der Waals surface area (Å²) in [6.07, 6.45) is 0. The number of H-pyrrole nitrogens is 1. The fourth-order valence-corrected chi connectivity index (χ4v) is 1.43. The van der Waals surface area contributed by atoms with Gasteiger partial charge in [-0.2, -0.15) is 4.98 Å². The van der Waals surface area contributed by atoms with Crippen molar-refractivity contribution in [3.63, 3.8) is 0 Å². The zero-order valence-corrected chi connectivity index (χ0v) is 9.73. The normalized spacial score (nSPS) is 9.83. The first-order valence-electron chi connectivity index (χ1n) is 5.34. The van der Waals surface area contributed by atoms with Gasteiger partial charge in [-0.05, 0) is 19.1 Å². The number of anilines is 1. The number of benzene rings is 1. The summed E-state index contributed by atoms with van der Waals surface area (Å²) in [5.74, 6) is -0.00383. The van der Waals surface area contributed by atoms with Crippen LogP contribution in [-0.4, -0.2) is 15.9 Å². The third-order valence-electron chi connectivity index (χ3n) is 2.22. The Kier molecular flexibility index (Phi) is 3.38. The Labute approximate surface area is 103 Å². The molecule has 0 aliphatic heterocycles. The highest BCUT2D eigenvalue weighted by Crippen LogP contribution is 2.00. The highest BCUT2D eigenvalue weighted by Gasteiger charge is 2.04. The average molecular weight is 244 g/mol. The molecule has 0 aliphatic carbocycles. The number of hydrazine groups is 1. The van der Waals surface area contributed by atoms with E-state index in [-0.39, 0.29) is 5.91 Å². The average Bonchev–Trinajstić information content (AvgIpc) is 2.36. The van der Waals surface area contributed by atoms with Gasteiger partial charge in [0.15, 0.2) is 5.82 Å². The van der Waals surface area contributed by atoms with Gasteiger partial charge in [-0.1, -0.05) is 18.2 Å². The molecule has 6 nitrogen and oxygen atoms in total. The summed E-state index contributed by atoms with van der Waals surface area (Å²) in [5, 5.41) is 0. The molecule has 0 saturated carbocycles. The van der Waals surface area contributed by atoms with Crippen LogP contribution in [0.1, 0.15) is 16.1 Å². The molecular formula is C12H12N4O2. The summed E-state index contributed by atoms with van der Waals surface area (Å²) < 4.78 is 0. The first-order chi connectivity index (χ1) is 8.65. The number of rotatable bonds is 3. The molecule has 0 unspecified atom stereocenters. The quantitative estimate of drug-likeness (QED) is 0.698. The van der Waals surface area contributed by atoms with E-state index in [4.69, 9.17) is 0 Å². The smallest absolute Gasteiger partial charge is 0.310 e. The summed E-state index contributed by atoms with van der Waals surface area (Å²) in [7, 11) is 0. The van der Waals surface area contributed by atoms with Crippen molar-refractivity contribution < 1.29 is 4.79 Å². The minimum Gasteiger partial charge on any atom is -0.310 e. The molecule has 0 saturated heterocycles. The van der Waals surface area contributed by atoms with E-state index in [1.165, 1.54) is 0 Å². The first-order valence-corrected chi connectivity index (χ1v) is 5.34. The Balaban J connectivity index is 2.04. The number of aromatic amines is 1. The van der Waals surface area contributed by atoms with Gasteiger partial charge in [-0.25, -0.2) is 4.79 Å². The second-order valence-electron chi connectivity index (χ2n) is 3.70. The van der Waals surface area contributed by atoms with E-state index in [2.05, 4.69) is 20.8 Å². The molecule has 1 heterocycles. The van der Waals surface area contributed by atoms with E-state index in [0.717, 1.165) is 0 Å². The van der Waals surface area contributed by atoms with Crippen molar-refractivity contribution in [3.05, 3.63) is 58.1 Å². The number of amides is 1. The van der Waals surface area contributed by atoms with Crippen LogP contribution in [0.25, 0.3) is 0 Å². The Morgan fingerprint density at radius 3 is 2.67 bits per heavy atom. The SMILES string of the molecule is Cc1cc(NNC(=O)c2ccccc2)nc(=O)[nH]1. The van der Waals surface area contributed by atoms with Crippen LogP contribution < -0.4 is 16.5 Å². The molecule has 18 heavy (non-hydrogen) atoms. The molecule has 0 fully saturated rings. The van der Waals surface area contributed by atoms with Crippen molar-refractivity contribution in [2.75, 3.05) is 5.43 Å². The van der Waals surface area contributed by atoms with Crippen molar-refractivity contribution in [3.8, 4) is 0 Å². The number of hydrogen-bond acceptors (Lipinski definition) is 4. The molecule has 0 spiro atoms. The largest absolute Gasteiger partial charge is 0.347 e. The van der Waals surface area contributed by atoms with Crippen LogP contribution in [0.3, 0.4) is 0 Å². The first kappa shape index (κ1) is 11.8. The van der Waals surface area contributed by atoms with E-state index in [1.54, 1.807) is 37.3 Å². The van der Waals surface area contributed by atoms with E-state index in [9.17, 15) is 9.59 Å². The van der Waals surface area contributed by atoms with Crippen LogP contribution in [0.2, 0.25) is 0 Å². The molecule has 0 aliphatic rings. The zero-order chi connectivity index (χ0) is 13.0. The van der Waals surface area contributed by atoms with Crippen LogP contribution >= 0.6 is 0 Å². The third-order valence-corrected chi connectivity index (χ3v) is 2.22. The monoisotopic (exact) mass is 244 g/mol. The summed E-state index contributed by atoms with van der Waals surface area (Å²) >= 11 is 0. The number of aryl methyl sites for hydroxylation is 1. The van der Waals surface area contributed by atoms with Gasteiger partial charge in [0.2, 0.25) is 0 Å². The lowest BCUT2D eigenvalue weighted by Crippen LogP contribution is -2.31. The number of nitrogens with zero attached hydrogens (tertiary/aromatic N) is 1. The molecule has 0 bridgehead atoms. The maximum atomic E-state index is 11.7. The summed E-state index contributed by atoms with van der Waals surface area (Å²) in [4.78, 5) is 29.0. The van der Waals surface area contributed by atoms with E-state index in [1.807, 2.05) is 6.07 Å². The van der Waals surface area contributed by atoms with Crippen LogP contribution in [0, 0.1) is 6.92 Å². The third kappa shape index (κ3) is 2.94. The molecular weight excluding hydrogens is 232 g/mol. The standard InChI is InChI=1S/C12H12N4O2/c1-8-7-10(14-12(18)13-8)15-16-11(17)9-5-3-2-4-6-9/h2-7H,1H3,(H,16,17)(H2,13,14,15,18). The van der Waals surface area contributed by atoms with Gasteiger partial charge in [0.05, 0.1) is 0 Å². The Hall–Kier alpha value is -2.63. The topological polar surface area (TPSA) is 86.9 Å². The fraction of sp³-hybridized carbons (Fsp3) is 0.0833. The molecule has 0 atom stereocenters. The molecule has 6 heteroatoms. The zero-order valence-electron chi connectivity index (χ0n) is 9.73. The molecule has 2 aromatic rings. The van der Waals surface area contributed by atoms with Gasteiger partial charge in [0.1, 0.15) is 0 Å². The highest BCUT2D eigenvalue weighted by molar-refractivity contribution is 5.94. The van der Waals surface area contributed by atoms with Crippen molar-refractivity contribution in [1.82, 2.24) is 15.4 Å². The maximum absolute atomic E-state index is 11.7. The van der Waals surface area contributed by atoms with Gasteiger partial charge < -0.3 is 4.98 Å². The van der Waals surface area contributed by atoms with Crippen LogP contribution in [0.15, 0.2) is 41.2 Å². The van der Waals surface area contributed by atoms with E-state index >= 15 is 0 Å². The molecule has 1 amide bonds. The predicted molar refractivity (Wildman–Crippen MR) is 67.1 cm³/mol. The van der Waals surface area contributed by atoms with Crippen LogP contribution in [0.4, 0.5) is 5.82 Å². The molecule has 0 radical (unpaired) electrons. The van der Waals surface area contributed by atoms with E-state index < -0.39 is 5.69 Å². The number of nitrogens with one attached hydrogen (secondary N) is 3. The number of aromatic nitrogens is 2. The lowest BCUT2D eigenvalue weighted by atomic mass is 10.2. The minimum absolute atomic E-state index is 0.292. The summed E-state index contributed by atoms with van der Waals surface area (Å²) in [6, 6.07) is 10.4. The fourth-order valence-electron chi connectivity index (χ4n) is 1.43. The molecule has 2 rings (SSSR count). The van der Waals surface area contributed by atoms with Crippen molar-refractivity contribution in [2.24, 2.45) is 0 Å². The number of carbonyl (C=O) groups is 1. The van der Waals surface area contributed by atoms with Crippen LogP contribution in [0.5, 0.6) is 0 Å². The lowest BCUT2D eigenvalue weighted by molar-refractivity contribution is 0.0962. The second kappa shape index (κ2) is 5.13. The van der Waals surface area contributed by atoms with Gasteiger partial charge in [0, 0.05) is 17.3 Å². The van der Waals surface area contributed by atoms with Gasteiger partial charge in [-0.3, -0.25) is 15.6 Å². The Morgan fingerprint density at radius 2 is 2.00 bits per heavy atom. The molecule has 92 valence electrons. The second-order valence-corrected chi connectivity index (χ2v) is 3.70. The van der Waals surface area contributed by atoms with Crippen molar-refractivity contribution >= 4 is 11.7 Å². The molecule has 1 aromatic heterocycles. The predicted octanol–water partition coefficient (Wildman–Crippen LogP) is 0.835. The molecule has 1 aromatic carbocycles. The molecule has 3 N–H and O–H groups in total. The minimum atomic E-state index is -0.466. The number of carbonyl (C=O) groups excluding carboxylic acids is 1. The number of hydrogen-bond donors (Lipinski definition) is 3. The van der Waals surface area contributed by atoms with Gasteiger partial charge >= 0.3 is 5.69 Å². The highest BCUT2D eigenvalue weighted by atomic mass is 16.2. The van der Waals surface area contributed by atoms with Crippen molar-refractivity contribution in [2.45, 2.75) is 6.92 Å². The maximum Gasteiger partial charge on any atom is 0.347 e. The lowest BCUT2D eigenvalue weighted by Gasteiger charge is -2.07. The Bertz CT molecular complexity index is 607. The van der Waals surface area contributed by atoms with Crippen LogP contribution in [-0.2, 0) is 0 Å². The summed E-state index contributed by atoms with van der Waals surface area (Å²) in [6.45, 7) is 1.73. The van der Waals surface area contributed by atoms with Gasteiger partial charge in [-0.15, -0.1) is 0 Å².